The van der Waals surface area contributed by atoms with Crippen molar-refractivity contribution in [3.8, 4) is 0 Å². The van der Waals surface area contributed by atoms with Gasteiger partial charge >= 0.3 is 12.0 Å². The fourth-order valence-electron chi connectivity index (χ4n) is 1.98. The van der Waals surface area contributed by atoms with E-state index in [1.807, 2.05) is 0 Å². The van der Waals surface area contributed by atoms with Crippen LogP contribution in [-0.2, 0) is 14.6 Å². The van der Waals surface area contributed by atoms with E-state index in [1.165, 1.54) is 4.90 Å². The van der Waals surface area contributed by atoms with Gasteiger partial charge in [0.05, 0.1) is 11.5 Å². The topological polar surface area (TPSA) is 104 Å². The molecule has 1 heterocycles. The van der Waals surface area contributed by atoms with Crippen LogP contribution in [0.5, 0.6) is 0 Å². The van der Waals surface area contributed by atoms with Crippen molar-refractivity contribution in [3.05, 3.63) is 0 Å². The zero-order valence-corrected chi connectivity index (χ0v) is 12.0. The number of amides is 2. The molecule has 2 amide bonds. The third kappa shape index (κ3) is 3.59. The zero-order valence-electron chi connectivity index (χ0n) is 11.2. The van der Waals surface area contributed by atoms with E-state index in [1.54, 1.807) is 13.8 Å². The minimum absolute atomic E-state index is 0.0707. The van der Waals surface area contributed by atoms with Gasteiger partial charge in [0.2, 0.25) is 0 Å². The first kappa shape index (κ1) is 15.7. The number of aliphatic carboxylic acids is 1. The van der Waals surface area contributed by atoms with Gasteiger partial charge < -0.3 is 15.3 Å². The van der Waals surface area contributed by atoms with E-state index in [-0.39, 0.29) is 37.4 Å². The van der Waals surface area contributed by atoms with Crippen molar-refractivity contribution in [1.82, 2.24) is 10.2 Å². The Morgan fingerprint density at radius 2 is 1.68 bits per heavy atom. The number of carboxylic acids is 1. The van der Waals surface area contributed by atoms with Crippen LogP contribution in [0.1, 0.15) is 26.7 Å². The van der Waals surface area contributed by atoms with Crippen LogP contribution in [0.4, 0.5) is 4.79 Å². The van der Waals surface area contributed by atoms with Crippen LogP contribution in [0.2, 0.25) is 0 Å². The number of rotatable bonds is 4. The summed E-state index contributed by atoms with van der Waals surface area (Å²) in [7, 11) is -3.06. The predicted octanol–water partition coefficient (Wildman–Crippen LogP) is 0.0698. The molecule has 1 rings (SSSR count). The first-order valence-electron chi connectivity index (χ1n) is 6.27. The Hall–Kier alpha value is -1.31. The van der Waals surface area contributed by atoms with Crippen molar-refractivity contribution in [2.75, 3.05) is 24.6 Å². The molecule has 0 bridgehead atoms. The summed E-state index contributed by atoms with van der Waals surface area (Å²) in [5, 5.41) is 11.7. The summed E-state index contributed by atoms with van der Waals surface area (Å²) in [6.45, 7) is 3.60. The van der Waals surface area contributed by atoms with Gasteiger partial charge in [-0.15, -0.1) is 0 Å². The predicted molar refractivity (Wildman–Crippen MR) is 69.7 cm³/mol. The van der Waals surface area contributed by atoms with Gasteiger partial charge in [0.25, 0.3) is 0 Å². The lowest BCUT2D eigenvalue weighted by Crippen LogP contribution is -2.59. The van der Waals surface area contributed by atoms with E-state index in [4.69, 9.17) is 0 Å². The van der Waals surface area contributed by atoms with Crippen LogP contribution >= 0.6 is 0 Å². The largest absolute Gasteiger partial charge is 0.480 e. The Morgan fingerprint density at radius 1 is 1.21 bits per heavy atom. The second-order valence-electron chi connectivity index (χ2n) is 4.66. The SMILES string of the molecule is CCC(CC)(NC(=O)N1CCS(=O)(=O)CC1)C(=O)O. The average Bonchev–Trinajstić information content (AvgIpc) is 2.35. The molecule has 110 valence electrons. The number of carboxylic acid groups (broad SMARTS) is 1. The number of carbonyl (C=O) groups excluding carboxylic acids is 1. The number of nitrogens with zero attached hydrogens (tertiary/aromatic N) is 1. The van der Waals surface area contributed by atoms with Gasteiger partial charge in [-0.1, -0.05) is 13.8 Å². The summed E-state index contributed by atoms with van der Waals surface area (Å²) >= 11 is 0. The molecule has 0 atom stereocenters. The molecule has 0 aromatic heterocycles. The Morgan fingerprint density at radius 3 is 2.05 bits per heavy atom. The summed E-state index contributed by atoms with van der Waals surface area (Å²) in [4.78, 5) is 24.6. The molecule has 1 aliphatic rings. The van der Waals surface area contributed by atoms with Crippen LogP contribution in [0.3, 0.4) is 0 Å². The molecule has 2 N–H and O–H groups in total. The summed E-state index contributed by atoms with van der Waals surface area (Å²) in [5.41, 5.74) is -1.28. The van der Waals surface area contributed by atoms with Gasteiger partial charge in [0.15, 0.2) is 9.84 Å². The molecule has 0 radical (unpaired) electrons. The zero-order chi connectivity index (χ0) is 14.7. The Bertz CT molecular complexity index is 442. The third-order valence-electron chi connectivity index (χ3n) is 3.59. The molecule has 0 aliphatic carbocycles. The highest BCUT2D eigenvalue weighted by atomic mass is 32.2. The fourth-order valence-corrected chi connectivity index (χ4v) is 3.18. The molecule has 0 aromatic carbocycles. The number of nitrogens with one attached hydrogen (secondary N) is 1. The quantitative estimate of drug-likeness (QED) is 0.763. The first-order chi connectivity index (χ1) is 8.76. The highest BCUT2D eigenvalue weighted by molar-refractivity contribution is 7.91. The number of carbonyl (C=O) groups is 2. The maximum absolute atomic E-state index is 12.0. The minimum Gasteiger partial charge on any atom is -0.480 e. The highest BCUT2D eigenvalue weighted by Gasteiger charge is 2.38. The van der Waals surface area contributed by atoms with E-state index < -0.39 is 27.4 Å². The molecule has 1 saturated heterocycles. The Labute approximate surface area is 112 Å². The van der Waals surface area contributed by atoms with Gasteiger partial charge in [0, 0.05) is 13.1 Å². The molecular weight excluding hydrogens is 272 g/mol. The maximum atomic E-state index is 12.0. The normalized spacial score (nSPS) is 18.9. The van der Waals surface area contributed by atoms with Gasteiger partial charge in [-0.05, 0) is 12.8 Å². The van der Waals surface area contributed by atoms with Crippen molar-refractivity contribution < 1.29 is 23.1 Å². The van der Waals surface area contributed by atoms with Crippen molar-refractivity contribution in [2.45, 2.75) is 32.2 Å². The lowest BCUT2D eigenvalue weighted by Gasteiger charge is -2.33. The van der Waals surface area contributed by atoms with Crippen LogP contribution in [0.15, 0.2) is 0 Å². The number of hydrogen-bond donors (Lipinski definition) is 2. The molecule has 0 unspecified atom stereocenters. The minimum atomic E-state index is -3.06. The van der Waals surface area contributed by atoms with E-state index in [2.05, 4.69) is 5.32 Å². The van der Waals surface area contributed by atoms with E-state index >= 15 is 0 Å². The summed E-state index contributed by atoms with van der Waals surface area (Å²) in [6.07, 6.45) is 0.549. The molecule has 1 fully saturated rings. The molecule has 0 saturated carbocycles. The monoisotopic (exact) mass is 292 g/mol. The van der Waals surface area contributed by atoms with Crippen molar-refractivity contribution >= 4 is 21.8 Å². The summed E-state index contributed by atoms with van der Waals surface area (Å²) in [6, 6.07) is -0.513. The van der Waals surface area contributed by atoms with E-state index in [9.17, 15) is 23.1 Å². The Kier molecular flexibility index (Phi) is 4.78. The van der Waals surface area contributed by atoms with Crippen molar-refractivity contribution in [2.24, 2.45) is 0 Å². The Balaban J connectivity index is 2.71. The molecule has 0 spiro atoms. The second-order valence-corrected chi connectivity index (χ2v) is 6.97. The lowest BCUT2D eigenvalue weighted by molar-refractivity contribution is -0.144. The second kappa shape index (κ2) is 5.77. The average molecular weight is 292 g/mol. The van der Waals surface area contributed by atoms with E-state index in [0.29, 0.717) is 0 Å². The lowest BCUT2D eigenvalue weighted by atomic mass is 9.93. The van der Waals surface area contributed by atoms with Crippen LogP contribution < -0.4 is 5.32 Å². The number of hydrogen-bond acceptors (Lipinski definition) is 4. The van der Waals surface area contributed by atoms with E-state index in [0.717, 1.165) is 0 Å². The molecule has 19 heavy (non-hydrogen) atoms. The third-order valence-corrected chi connectivity index (χ3v) is 5.20. The van der Waals surface area contributed by atoms with Gasteiger partial charge in [-0.3, -0.25) is 0 Å². The number of urea groups is 1. The van der Waals surface area contributed by atoms with Crippen LogP contribution in [0, 0.1) is 0 Å². The van der Waals surface area contributed by atoms with Crippen molar-refractivity contribution in [3.63, 3.8) is 0 Å². The first-order valence-corrected chi connectivity index (χ1v) is 8.09. The van der Waals surface area contributed by atoms with Crippen LogP contribution in [0.25, 0.3) is 0 Å². The summed E-state index contributed by atoms with van der Waals surface area (Å²) < 4.78 is 22.5. The molecule has 7 nitrogen and oxygen atoms in total. The van der Waals surface area contributed by atoms with Gasteiger partial charge in [0.1, 0.15) is 5.54 Å². The standard InChI is InChI=1S/C11H20N2O5S/c1-3-11(4-2,9(14)15)12-10(16)13-5-7-19(17,18)8-6-13/h3-8H2,1-2H3,(H,12,16)(H,14,15). The summed E-state index contributed by atoms with van der Waals surface area (Å²) in [5.74, 6) is -1.22. The van der Waals surface area contributed by atoms with Gasteiger partial charge in [-0.2, -0.15) is 0 Å². The molecule has 0 aromatic rings. The smallest absolute Gasteiger partial charge is 0.329 e. The molecular formula is C11H20N2O5S. The molecule has 1 aliphatic heterocycles. The maximum Gasteiger partial charge on any atom is 0.329 e. The number of sulfone groups is 1. The van der Waals surface area contributed by atoms with Gasteiger partial charge in [-0.25, -0.2) is 18.0 Å². The highest BCUT2D eigenvalue weighted by Crippen LogP contribution is 2.16. The fraction of sp³-hybridized carbons (Fsp3) is 0.818. The van der Waals surface area contributed by atoms with Crippen molar-refractivity contribution in [1.29, 1.82) is 0 Å². The molecule has 8 heteroatoms. The van der Waals surface area contributed by atoms with Crippen LogP contribution in [-0.4, -0.2) is 60.6 Å².